The predicted molar refractivity (Wildman–Crippen MR) is 37.9 cm³/mol. The molecule has 2 nitrogen and oxygen atoms in total. The van der Waals surface area contributed by atoms with Crippen LogP contribution < -0.4 is 0 Å². The van der Waals surface area contributed by atoms with Gasteiger partial charge in [0, 0.05) is 5.41 Å². The number of hydrogen-bond donors (Lipinski definition) is 0. The van der Waals surface area contributed by atoms with E-state index in [1.54, 1.807) is 6.08 Å². The molecule has 48 valence electrons. The second-order valence-electron chi connectivity index (χ2n) is 1.53. The molecular formula is C4H7BrO2S. The number of sulfone groups is 1. The SMILES string of the molecule is Br.O=S1(=O)C=CCC1. The average molecular weight is 199 g/mol. The molecule has 0 atom stereocenters. The van der Waals surface area contributed by atoms with Crippen molar-refractivity contribution in [3.8, 4) is 0 Å². The fraction of sp³-hybridized carbons (Fsp3) is 0.500. The summed E-state index contributed by atoms with van der Waals surface area (Å²) in [5.74, 6) is 0.312. The second kappa shape index (κ2) is 2.64. The van der Waals surface area contributed by atoms with E-state index in [4.69, 9.17) is 0 Å². The first-order chi connectivity index (χ1) is 3.21. The van der Waals surface area contributed by atoms with Crippen LogP contribution in [0.25, 0.3) is 0 Å². The zero-order valence-electron chi connectivity index (χ0n) is 4.20. The zero-order valence-corrected chi connectivity index (χ0v) is 6.73. The molecule has 0 unspecified atom stereocenters. The minimum absolute atomic E-state index is 0. The second-order valence-corrected chi connectivity index (χ2v) is 3.53. The van der Waals surface area contributed by atoms with Gasteiger partial charge in [0.15, 0.2) is 9.84 Å². The number of rotatable bonds is 0. The molecule has 8 heavy (non-hydrogen) atoms. The lowest BCUT2D eigenvalue weighted by atomic mass is 10.5. The van der Waals surface area contributed by atoms with Crippen LogP contribution in [0.2, 0.25) is 0 Å². The highest BCUT2D eigenvalue weighted by Crippen LogP contribution is 2.04. The van der Waals surface area contributed by atoms with E-state index in [0.29, 0.717) is 12.2 Å². The highest BCUT2D eigenvalue weighted by molar-refractivity contribution is 8.93. The summed E-state index contributed by atoms with van der Waals surface area (Å²) in [5, 5.41) is 1.27. The molecule has 1 heterocycles. The Labute approximate surface area is 59.3 Å². The fourth-order valence-electron chi connectivity index (χ4n) is 0.515. The Morgan fingerprint density at radius 1 is 1.38 bits per heavy atom. The van der Waals surface area contributed by atoms with Gasteiger partial charge in [-0.25, -0.2) is 8.42 Å². The fourth-order valence-corrected chi connectivity index (χ4v) is 1.54. The van der Waals surface area contributed by atoms with Gasteiger partial charge in [0.1, 0.15) is 0 Å². The Hall–Kier alpha value is 0.170. The van der Waals surface area contributed by atoms with Crippen molar-refractivity contribution in [2.75, 3.05) is 5.75 Å². The number of hydrogen-bond acceptors (Lipinski definition) is 2. The van der Waals surface area contributed by atoms with Crippen LogP contribution in [0.1, 0.15) is 6.42 Å². The Bertz CT molecular complexity index is 180. The predicted octanol–water partition coefficient (Wildman–Crippen LogP) is 0.897. The van der Waals surface area contributed by atoms with Gasteiger partial charge in [-0.1, -0.05) is 6.08 Å². The molecule has 0 aromatic rings. The van der Waals surface area contributed by atoms with Crippen molar-refractivity contribution in [1.29, 1.82) is 0 Å². The number of allylic oxidation sites excluding steroid dienone is 1. The maximum atomic E-state index is 10.3. The van der Waals surface area contributed by atoms with E-state index < -0.39 is 9.84 Å². The van der Waals surface area contributed by atoms with Gasteiger partial charge >= 0.3 is 0 Å². The van der Waals surface area contributed by atoms with E-state index in [9.17, 15) is 8.42 Å². The van der Waals surface area contributed by atoms with Crippen molar-refractivity contribution >= 4 is 26.8 Å². The van der Waals surface area contributed by atoms with E-state index in [0.717, 1.165) is 0 Å². The Morgan fingerprint density at radius 2 is 2.00 bits per heavy atom. The molecule has 0 N–H and O–H groups in total. The van der Waals surface area contributed by atoms with E-state index in [-0.39, 0.29) is 17.0 Å². The maximum Gasteiger partial charge on any atom is 0.171 e. The molecule has 0 radical (unpaired) electrons. The topological polar surface area (TPSA) is 34.1 Å². The van der Waals surface area contributed by atoms with Gasteiger partial charge < -0.3 is 0 Å². The lowest BCUT2D eigenvalue weighted by Gasteiger charge is -1.79. The monoisotopic (exact) mass is 198 g/mol. The summed E-state index contributed by atoms with van der Waals surface area (Å²) in [6.45, 7) is 0. The van der Waals surface area contributed by atoms with Crippen LogP contribution in [-0.4, -0.2) is 14.2 Å². The van der Waals surface area contributed by atoms with Gasteiger partial charge in [-0.15, -0.1) is 17.0 Å². The average Bonchev–Trinajstić information content (AvgIpc) is 1.84. The summed E-state index contributed by atoms with van der Waals surface area (Å²) in [5.41, 5.74) is 0. The van der Waals surface area contributed by atoms with Gasteiger partial charge in [0.25, 0.3) is 0 Å². The molecule has 0 spiro atoms. The van der Waals surface area contributed by atoms with Crippen LogP contribution in [0.4, 0.5) is 0 Å². The van der Waals surface area contributed by atoms with Crippen LogP contribution in [-0.2, 0) is 9.84 Å². The molecule has 1 rings (SSSR count). The molecule has 0 bridgehead atoms. The van der Waals surface area contributed by atoms with Crippen molar-refractivity contribution in [1.82, 2.24) is 0 Å². The standard InChI is InChI=1S/C4H6O2S.BrH/c5-7(6)3-1-2-4-7;/h1,3H,2,4H2;1H. The maximum absolute atomic E-state index is 10.3. The first-order valence-electron chi connectivity index (χ1n) is 2.10. The van der Waals surface area contributed by atoms with Crippen LogP contribution in [0.3, 0.4) is 0 Å². The van der Waals surface area contributed by atoms with Gasteiger partial charge in [-0.05, 0) is 6.42 Å². The highest BCUT2D eigenvalue weighted by atomic mass is 79.9. The third-order valence-electron chi connectivity index (χ3n) is 0.873. The van der Waals surface area contributed by atoms with Crippen LogP contribution in [0.15, 0.2) is 11.5 Å². The summed E-state index contributed by atoms with van der Waals surface area (Å²) in [7, 11) is -2.73. The van der Waals surface area contributed by atoms with Gasteiger partial charge in [0.2, 0.25) is 0 Å². The summed E-state index contributed by atoms with van der Waals surface area (Å²) in [6, 6.07) is 0. The van der Waals surface area contributed by atoms with E-state index in [1.165, 1.54) is 5.41 Å². The van der Waals surface area contributed by atoms with Crippen molar-refractivity contribution < 1.29 is 8.42 Å². The first-order valence-corrected chi connectivity index (χ1v) is 3.81. The normalized spacial score (nSPS) is 22.5. The molecule has 0 aromatic heterocycles. The molecule has 0 fully saturated rings. The largest absolute Gasteiger partial charge is 0.224 e. The van der Waals surface area contributed by atoms with E-state index >= 15 is 0 Å². The van der Waals surface area contributed by atoms with Crippen LogP contribution in [0.5, 0.6) is 0 Å². The van der Waals surface area contributed by atoms with E-state index in [1.807, 2.05) is 0 Å². The molecule has 4 heteroatoms. The minimum atomic E-state index is -2.73. The molecule has 0 aliphatic carbocycles. The quantitative estimate of drug-likeness (QED) is 0.580. The van der Waals surface area contributed by atoms with Crippen LogP contribution >= 0.6 is 17.0 Å². The van der Waals surface area contributed by atoms with Crippen molar-refractivity contribution in [2.45, 2.75) is 6.42 Å². The molecule has 0 amide bonds. The summed E-state index contributed by atoms with van der Waals surface area (Å²) in [6.07, 6.45) is 2.37. The third kappa shape index (κ3) is 1.96. The minimum Gasteiger partial charge on any atom is -0.224 e. The lowest BCUT2D eigenvalue weighted by Crippen LogP contribution is -1.92. The smallest absolute Gasteiger partial charge is 0.171 e. The lowest BCUT2D eigenvalue weighted by molar-refractivity contribution is 0.606. The third-order valence-corrected chi connectivity index (χ3v) is 2.28. The number of halogens is 1. The first kappa shape index (κ1) is 8.17. The summed E-state index contributed by atoms with van der Waals surface area (Å²) in [4.78, 5) is 0. The molecule has 0 saturated heterocycles. The highest BCUT2D eigenvalue weighted by Gasteiger charge is 2.08. The molecule has 0 aromatic carbocycles. The van der Waals surface area contributed by atoms with Gasteiger partial charge in [0.05, 0.1) is 5.75 Å². The van der Waals surface area contributed by atoms with Crippen molar-refractivity contribution in [3.05, 3.63) is 11.5 Å². The molecule has 1 aliphatic rings. The van der Waals surface area contributed by atoms with Gasteiger partial charge in [-0.2, -0.15) is 0 Å². The molecular weight excluding hydrogens is 192 g/mol. The molecule has 0 saturated carbocycles. The van der Waals surface area contributed by atoms with Gasteiger partial charge in [-0.3, -0.25) is 0 Å². The van der Waals surface area contributed by atoms with Crippen LogP contribution in [0, 0.1) is 0 Å². The van der Waals surface area contributed by atoms with Crippen molar-refractivity contribution in [3.63, 3.8) is 0 Å². The molecule has 1 aliphatic heterocycles. The Morgan fingerprint density at radius 3 is 2.12 bits per heavy atom. The summed E-state index contributed by atoms with van der Waals surface area (Å²) >= 11 is 0. The Balaban J connectivity index is 0.000000490. The van der Waals surface area contributed by atoms with Crippen molar-refractivity contribution in [2.24, 2.45) is 0 Å². The van der Waals surface area contributed by atoms with E-state index in [2.05, 4.69) is 0 Å². The zero-order chi connectivity index (χ0) is 5.33. The Kier molecular flexibility index (Phi) is 2.70. The summed E-state index contributed by atoms with van der Waals surface area (Å²) < 4.78 is 20.7.